The average Bonchev–Trinajstić information content (AvgIpc) is 2.29. The van der Waals surface area contributed by atoms with Crippen molar-refractivity contribution in [1.29, 1.82) is 0 Å². The molecule has 0 aromatic heterocycles. The van der Waals surface area contributed by atoms with Crippen molar-refractivity contribution >= 4 is 23.6 Å². The molecule has 0 aliphatic rings. The lowest BCUT2D eigenvalue weighted by Gasteiger charge is -2.07. The summed E-state index contributed by atoms with van der Waals surface area (Å²) in [7, 11) is 0.875. The Morgan fingerprint density at radius 3 is 2.28 bits per heavy atom. The molecule has 7 heteroatoms. The van der Waals surface area contributed by atoms with E-state index in [1.54, 1.807) is 24.3 Å². The van der Waals surface area contributed by atoms with Gasteiger partial charge in [0, 0.05) is 16.8 Å². The molecule has 0 fully saturated rings. The molecule has 0 heterocycles. The predicted octanol–water partition coefficient (Wildman–Crippen LogP) is 3.18. The molecule has 0 unspecified atom stereocenters. The first-order valence-electron chi connectivity index (χ1n) is 4.82. The Hall–Kier alpha value is -1.50. The van der Waals surface area contributed by atoms with E-state index in [0.29, 0.717) is 16.8 Å². The zero-order valence-corrected chi connectivity index (χ0v) is 10.4. The van der Waals surface area contributed by atoms with Gasteiger partial charge >= 0.3 is 12.1 Å². The summed E-state index contributed by atoms with van der Waals surface area (Å²) in [5, 5.41) is 0. The maximum absolute atomic E-state index is 12.5. The molecule has 3 nitrogen and oxygen atoms in total. The van der Waals surface area contributed by atoms with Crippen LogP contribution in [0.2, 0.25) is 0 Å². The maximum atomic E-state index is 12.5. The Balaban J connectivity index is 2.90. The minimum atomic E-state index is -4.83. The summed E-state index contributed by atoms with van der Waals surface area (Å²) in [5.74, 6) is -1.50. The zero-order chi connectivity index (χ0) is 13.8. The van der Waals surface area contributed by atoms with Gasteiger partial charge in [-0.3, -0.25) is 0 Å². The van der Waals surface area contributed by atoms with Crippen molar-refractivity contribution in [2.24, 2.45) is 4.40 Å². The van der Waals surface area contributed by atoms with Crippen molar-refractivity contribution in [3.05, 3.63) is 29.8 Å². The molecule has 0 amide bonds. The Morgan fingerprint density at radius 2 is 1.83 bits per heavy atom. The number of halogens is 3. The summed E-state index contributed by atoms with van der Waals surface area (Å²) in [6, 6.07) is 6.72. The van der Waals surface area contributed by atoms with Gasteiger partial charge in [0.15, 0.2) is 0 Å². The van der Waals surface area contributed by atoms with Crippen molar-refractivity contribution in [2.75, 3.05) is 7.11 Å². The van der Waals surface area contributed by atoms with E-state index in [4.69, 9.17) is 0 Å². The highest BCUT2D eigenvalue weighted by Gasteiger charge is 2.42. The number of benzene rings is 1. The normalized spacial score (nSPS) is 12.4. The van der Waals surface area contributed by atoms with Crippen LogP contribution in [0.1, 0.15) is 5.56 Å². The minimum Gasteiger partial charge on any atom is -0.464 e. The standard InChI is InChI=1S/C11H10F3NO2S/c1-7-3-5-8(6-4-7)18-15-9(10(16)17-2)11(12,13)14/h3-6H,1-2H3. The first-order valence-corrected chi connectivity index (χ1v) is 5.59. The molecule has 0 saturated heterocycles. The first kappa shape index (κ1) is 14.6. The molecule has 18 heavy (non-hydrogen) atoms. The van der Waals surface area contributed by atoms with Crippen LogP contribution < -0.4 is 0 Å². The second-order valence-electron chi connectivity index (χ2n) is 3.33. The number of alkyl halides is 3. The lowest BCUT2D eigenvalue weighted by atomic mass is 10.2. The zero-order valence-electron chi connectivity index (χ0n) is 9.62. The Kier molecular flexibility index (Phi) is 4.77. The van der Waals surface area contributed by atoms with Crippen LogP contribution in [0.5, 0.6) is 0 Å². The van der Waals surface area contributed by atoms with E-state index in [2.05, 4.69) is 9.13 Å². The monoisotopic (exact) mass is 277 g/mol. The number of carbonyl (C=O) groups excluding carboxylic acids is 1. The van der Waals surface area contributed by atoms with Crippen LogP contribution in [0.4, 0.5) is 13.2 Å². The van der Waals surface area contributed by atoms with Gasteiger partial charge in [-0.1, -0.05) is 17.7 Å². The smallest absolute Gasteiger partial charge is 0.441 e. The summed E-state index contributed by atoms with van der Waals surface area (Å²) in [6.45, 7) is 1.85. The predicted molar refractivity (Wildman–Crippen MR) is 62.5 cm³/mol. The van der Waals surface area contributed by atoms with Crippen LogP contribution in [-0.2, 0) is 9.53 Å². The second kappa shape index (κ2) is 5.90. The highest BCUT2D eigenvalue weighted by atomic mass is 32.2. The van der Waals surface area contributed by atoms with Gasteiger partial charge in [0.25, 0.3) is 0 Å². The van der Waals surface area contributed by atoms with Crippen molar-refractivity contribution in [2.45, 2.75) is 18.0 Å². The number of methoxy groups -OCH3 is 1. The van der Waals surface area contributed by atoms with Crippen molar-refractivity contribution in [3.8, 4) is 0 Å². The molecule has 0 aliphatic heterocycles. The molecule has 1 aromatic carbocycles. The highest BCUT2D eigenvalue weighted by molar-refractivity contribution is 7.98. The molecule has 0 saturated carbocycles. The Bertz CT molecular complexity index is 454. The fraction of sp³-hybridized carbons (Fsp3) is 0.273. The number of nitrogens with zero attached hydrogens (tertiary/aromatic N) is 1. The topological polar surface area (TPSA) is 38.7 Å². The summed E-state index contributed by atoms with van der Waals surface area (Å²) < 4.78 is 44.7. The maximum Gasteiger partial charge on any atom is 0.441 e. The number of rotatable bonds is 3. The second-order valence-corrected chi connectivity index (χ2v) is 4.17. The van der Waals surface area contributed by atoms with Gasteiger partial charge in [0.1, 0.15) is 0 Å². The number of esters is 1. The van der Waals surface area contributed by atoms with Crippen LogP contribution in [-0.4, -0.2) is 25.0 Å². The summed E-state index contributed by atoms with van der Waals surface area (Å²) >= 11 is 0.575. The van der Waals surface area contributed by atoms with Crippen LogP contribution >= 0.6 is 11.9 Å². The van der Waals surface area contributed by atoms with Gasteiger partial charge in [0.05, 0.1) is 7.11 Å². The number of carbonyl (C=O) groups is 1. The quantitative estimate of drug-likeness (QED) is 0.484. The molecular formula is C11H10F3NO2S. The molecular weight excluding hydrogens is 267 g/mol. The van der Waals surface area contributed by atoms with E-state index < -0.39 is 17.9 Å². The number of hydrogen-bond donors (Lipinski definition) is 0. The fourth-order valence-corrected chi connectivity index (χ4v) is 1.63. The number of aryl methyl sites for hydroxylation is 1. The van der Waals surface area contributed by atoms with Crippen LogP contribution in [0, 0.1) is 6.92 Å². The first-order chi connectivity index (χ1) is 8.34. The average molecular weight is 277 g/mol. The summed E-state index contributed by atoms with van der Waals surface area (Å²) in [6.07, 6.45) is -4.83. The van der Waals surface area contributed by atoms with Crippen molar-refractivity contribution < 1.29 is 22.7 Å². The van der Waals surface area contributed by atoms with Crippen molar-refractivity contribution in [3.63, 3.8) is 0 Å². The van der Waals surface area contributed by atoms with Gasteiger partial charge in [0.2, 0.25) is 5.71 Å². The van der Waals surface area contributed by atoms with Crippen LogP contribution in [0.3, 0.4) is 0 Å². The minimum absolute atomic E-state index is 0.506. The van der Waals surface area contributed by atoms with Gasteiger partial charge < -0.3 is 4.74 Å². The van der Waals surface area contributed by atoms with E-state index in [1.165, 1.54) is 0 Å². The molecule has 0 spiro atoms. The summed E-state index contributed by atoms with van der Waals surface area (Å²) in [4.78, 5) is 11.5. The van der Waals surface area contributed by atoms with Gasteiger partial charge in [-0.15, -0.1) is 0 Å². The molecule has 0 atom stereocenters. The molecule has 98 valence electrons. The third-order valence-electron chi connectivity index (χ3n) is 1.91. The molecule has 0 aliphatic carbocycles. The third kappa shape index (κ3) is 4.06. The van der Waals surface area contributed by atoms with E-state index in [-0.39, 0.29) is 0 Å². The third-order valence-corrected chi connectivity index (χ3v) is 2.67. The molecule has 0 radical (unpaired) electrons. The van der Waals surface area contributed by atoms with Crippen molar-refractivity contribution in [1.82, 2.24) is 0 Å². The van der Waals surface area contributed by atoms with Crippen LogP contribution in [0.25, 0.3) is 0 Å². The van der Waals surface area contributed by atoms with Gasteiger partial charge in [-0.2, -0.15) is 17.6 Å². The van der Waals surface area contributed by atoms with E-state index in [0.717, 1.165) is 12.7 Å². The van der Waals surface area contributed by atoms with E-state index in [9.17, 15) is 18.0 Å². The molecule has 0 bridgehead atoms. The SMILES string of the molecule is COC(=O)C(=NSc1ccc(C)cc1)C(F)(F)F. The Labute approximate surface area is 106 Å². The van der Waals surface area contributed by atoms with Gasteiger partial charge in [-0.05, 0) is 19.1 Å². The fourth-order valence-electron chi connectivity index (χ4n) is 0.999. The van der Waals surface area contributed by atoms with E-state index >= 15 is 0 Å². The lowest BCUT2D eigenvalue weighted by molar-refractivity contribution is -0.136. The van der Waals surface area contributed by atoms with Gasteiger partial charge in [-0.25, -0.2) is 4.79 Å². The molecule has 1 rings (SSSR count). The lowest BCUT2D eigenvalue weighted by Crippen LogP contribution is -2.31. The highest BCUT2D eigenvalue weighted by Crippen LogP contribution is 2.25. The van der Waals surface area contributed by atoms with E-state index in [1.807, 2.05) is 6.92 Å². The van der Waals surface area contributed by atoms with Crippen LogP contribution in [0.15, 0.2) is 33.6 Å². The largest absolute Gasteiger partial charge is 0.464 e. The number of ether oxygens (including phenoxy) is 1. The molecule has 1 aromatic rings. The number of hydrogen-bond acceptors (Lipinski definition) is 4. The Morgan fingerprint density at radius 1 is 1.28 bits per heavy atom. The molecule has 0 N–H and O–H groups in total. The summed E-state index contributed by atoms with van der Waals surface area (Å²) in [5.41, 5.74) is -0.581.